The molecule has 7 nitrogen and oxygen atoms in total. The molecule has 166 valence electrons. The van der Waals surface area contributed by atoms with Gasteiger partial charge in [-0.05, 0) is 29.7 Å². The molecule has 0 aliphatic carbocycles. The average Bonchev–Trinajstić information content (AvgIpc) is 3.27. The molecule has 3 heterocycles. The van der Waals surface area contributed by atoms with Gasteiger partial charge < -0.3 is 20.3 Å². The molecule has 0 spiro atoms. The number of aromatic nitrogens is 1. The molecule has 1 unspecified atom stereocenters. The zero-order chi connectivity index (χ0) is 21.5. The molecule has 0 bridgehead atoms. The fraction of sp³-hybridized carbons (Fsp3) is 0.478. The van der Waals surface area contributed by atoms with Gasteiger partial charge in [0.05, 0.1) is 13.2 Å². The molecule has 2 aromatic rings. The van der Waals surface area contributed by atoms with Gasteiger partial charge in [-0.15, -0.1) is 0 Å². The van der Waals surface area contributed by atoms with Crippen LogP contribution in [0.3, 0.4) is 0 Å². The zero-order valence-electron chi connectivity index (χ0n) is 18.1. The number of morpholine rings is 1. The van der Waals surface area contributed by atoms with E-state index in [9.17, 15) is 4.39 Å². The van der Waals surface area contributed by atoms with Crippen LogP contribution in [0.25, 0.3) is 0 Å². The summed E-state index contributed by atoms with van der Waals surface area (Å²) in [4.78, 5) is 13.0. The minimum atomic E-state index is -0.275. The van der Waals surface area contributed by atoms with Gasteiger partial charge in [-0.25, -0.2) is 9.37 Å². The third kappa shape index (κ3) is 5.71. The Morgan fingerprint density at radius 2 is 1.97 bits per heavy atom. The summed E-state index contributed by atoms with van der Waals surface area (Å²) in [7, 11) is 1.78. The molecule has 0 saturated carbocycles. The second kappa shape index (κ2) is 10.5. The largest absolute Gasteiger partial charge is 0.379 e. The van der Waals surface area contributed by atoms with E-state index in [1.54, 1.807) is 19.3 Å². The highest BCUT2D eigenvalue weighted by atomic mass is 19.1. The highest BCUT2D eigenvalue weighted by molar-refractivity contribution is 5.80. The van der Waals surface area contributed by atoms with E-state index in [1.807, 2.05) is 4.90 Å². The van der Waals surface area contributed by atoms with Gasteiger partial charge in [0, 0.05) is 58.6 Å². The molecule has 1 aromatic carbocycles. The van der Waals surface area contributed by atoms with Crippen LogP contribution in [0, 0.1) is 5.82 Å². The lowest BCUT2D eigenvalue weighted by molar-refractivity contribution is 0.0341. The van der Waals surface area contributed by atoms with Crippen LogP contribution in [-0.2, 0) is 17.8 Å². The molecule has 8 heteroatoms. The van der Waals surface area contributed by atoms with Crippen LogP contribution in [0.2, 0.25) is 0 Å². The Kier molecular flexibility index (Phi) is 7.32. The van der Waals surface area contributed by atoms with Gasteiger partial charge in [-0.2, -0.15) is 0 Å². The van der Waals surface area contributed by atoms with Crippen molar-refractivity contribution >= 4 is 11.8 Å². The number of aliphatic imine (C=N–C) groups is 1. The van der Waals surface area contributed by atoms with E-state index in [1.165, 1.54) is 17.2 Å². The molecule has 2 aliphatic rings. The molecule has 31 heavy (non-hydrogen) atoms. The summed E-state index contributed by atoms with van der Waals surface area (Å²) in [5.74, 6) is 0.906. The van der Waals surface area contributed by atoms with Gasteiger partial charge >= 0.3 is 0 Å². The second-order valence-electron chi connectivity index (χ2n) is 7.97. The lowest BCUT2D eigenvalue weighted by atomic mass is 10.1. The van der Waals surface area contributed by atoms with E-state index < -0.39 is 0 Å². The first kappa shape index (κ1) is 21.5. The first-order valence-electron chi connectivity index (χ1n) is 10.9. The molecule has 1 aromatic heterocycles. The first-order chi connectivity index (χ1) is 15.2. The number of ether oxygens (including phenoxy) is 1. The number of benzene rings is 1. The molecular weight excluding hydrogens is 395 g/mol. The number of guanidine groups is 1. The summed E-state index contributed by atoms with van der Waals surface area (Å²) in [5.41, 5.74) is 2.59. The van der Waals surface area contributed by atoms with Crippen molar-refractivity contribution in [3.05, 3.63) is 59.5 Å². The van der Waals surface area contributed by atoms with Crippen LogP contribution >= 0.6 is 0 Å². The number of nitrogens with one attached hydrogen (secondary N) is 2. The molecule has 0 amide bonds. The zero-order valence-corrected chi connectivity index (χ0v) is 18.1. The summed E-state index contributed by atoms with van der Waals surface area (Å²) < 4.78 is 19.5. The smallest absolute Gasteiger partial charge is 0.191 e. The Labute approximate surface area is 183 Å². The number of hydrogen-bond donors (Lipinski definition) is 2. The number of rotatable bonds is 6. The number of anilines is 1. The number of pyridine rings is 1. The van der Waals surface area contributed by atoms with Gasteiger partial charge in [-0.3, -0.25) is 9.89 Å². The molecule has 2 fully saturated rings. The van der Waals surface area contributed by atoms with Crippen LogP contribution in [0.15, 0.2) is 47.6 Å². The van der Waals surface area contributed by atoms with Crippen molar-refractivity contribution in [2.45, 2.75) is 25.6 Å². The molecule has 2 saturated heterocycles. The van der Waals surface area contributed by atoms with Crippen molar-refractivity contribution in [2.24, 2.45) is 4.99 Å². The molecule has 2 aliphatic heterocycles. The summed E-state index contributed by atoms with van der Waals surface area (Å²) in [6, 6.07) is 11.8. The Balaban J connectivity index is 1.31. The summed E-state index contributed by atoms with van der Waals surface area (Å²) in [6.07, 6.45) is 2.54. The van der Waals surface area contributed by atoms with Crippen LogP contribution in [0.1, 0.15) is 17.5 Å². The molecular formula is C23H31FN6O. The van der Waals surface area contributed by atoms with E-state index in [4.69, 9.17) is 4.74 Å². The Bertz CT molecular complexity index is 886. The van der Waals surface area contributed by atoms with Crippen molar-refractivity contribution in [1.82, 2.24) is 20.5 Å². The predicted molar refractivity (Wildman–Crippen MR) is 121 cm³/mol. The topological polar surface area (TPSA) is 65.0 Å². The highest BCUT2D eigenvalue weighted by Crippen LogP contribution is 2.20. The fourth-order valence-electron chi connectivity index (χ4n) is 4.13. The average molecular weight is 427 g/mol. The van der Waals surface area contributed by atoms with Gasteiger partial charge in [0.1, 0.15) is 0 Å². The highest BCUT2D eigenvalue weighted by Gasteiger charge is 2.26. The van der Waals surface area contributed by atoms with Gasteiger partial charge in [0.2, 0.25) is 0 Å². The minimum Gasteiger partial charge on any atom is -0.379 e. The van der Waals surface area contributed by atoms with Crippen LogP contribution in [0.5, 0.6) is 0 Å². The standard InChI is InChI=1S/C23H31FN6O/c1-25-23(28-20-8-10-30(17-20)22-21(24)7-4-9-26-22)27-15-18-5-2-3-6-19(18)16-29-11-13-31-14-12-29/h2-7,9,20H,8,10-17H2,1H3,(H2,25,27,28). The third-order valence-electron chi connectivity index (χ3n) is 5.85. The molecule has 2 N–H and O–H groups in total. The van der Waals surface area contributed by atoms with Gasteiger partial charge in [0.25, 0.3) is 0 Å². The van der Waals surface area contributed by atoms with E-state index in [0.29, 0.717) is 18.9 Å². The third-order valence-corrected chi connectivity index (χ3v) is 5.85. The maximum Gasteiger partial charge on any atom is 0.191 e. The van der Waals surface area contributed by atoms with Crippen LogP contribution in [-0.4, -0.2) is 68.3 Å². The van der Waals surface area contributed by atoms with Crippen molar-refractivity contribution in [1.29, 1.82) is 0 Å². The normalized spacial score (nSPS) is 20.1. The van der Waals surface area contributed by atoms with Crippen LogP contribution in [0.4, 0.5) is 10.2 Å². The van der Waals surface area contributed by atoms with Crippen molar-refractivity contribution in [3.8, 4) is 0 Å². The lowest BCUT2D eigenvalue weighted by Gasteiger charge is -2.27. The Morgan fingerprint density at radius 3 is 2.74 bits per heavy atom. The molecule has 0 radical (unpaired) electrons. The SMILES string of the molecule is CN=C(NCc1ccccc1CN1CCOCC1)NC1CCN(c2ncccc2F)C1. The van der Waals surface area contributed by atoms with E-state index in [2.05, 4.69) is 49.8 Å². The molecule has 1 atom stereocenters. The number of halogens is 1. The summed E-state index contributed by atoms with van der Waals surface area (Å²) >= 11 is 0. The van der Waals surface area contributed by atoms with Crippen LogP contribution < -0.4 is 15.5 Å². The number of nitrogens with zero attached hydrogens (tertiary/aromatic N) is 4. The summed E-state index contributed by atoms with van der Waals surface area (Å²) in [6.45, 7) is 6.65. The maximum absolute atomic E-state index is 14.0. The van der Waals surface area contributed by atoms with Gasteiger partial charge in [0.15, 0.2) is 17.6 Å². The quantitative estimate of drug-likeness (QED) is 0.544. The lowest BCUT2D eigenvalue weighted by Crippen LogP contribution is -2.44. The Hall–Kier alpha value is -2.71. The Morgan fingerprint density at radius 1 is 1.16 bits per heavy atom. The minimum absolute atomic E-state index is 0.191. The number of hydrogen-bond acceptors (Lipinski definition) is 5. The van der Waals surface area contributed by atoms with E-state index in [0.717, 1.165) is 51.8 Å². The maximum atomic E-state index is 14.0. The molecule has 4 rings (SSSR count). The van der Waals surface area contributed by atoms with Crippen molar-refractivity contribution < 1.29 is 9.13 Å². The van der Waals surface area contributed by atoms with Gasteiger partial charge in [-0.1, -0.05) is 24.3 Å². The predicted octanol–water partition coefficient (Wildman–Crippen LogP) is 2.00. The summed E-state index contributed by atoms with van der Waals surface area (Å²) in [5, 5.41) is 6.92. The fourth-order valence-corrected chi connectivity index (χ4v) is 4.13. The van der Waals surface area contributed by atoms with Crippen molar-refractivity contribution in [2.75, 3.05) is 51.3 Å². The van der Waals surface area contributed by atoms with Crippen molar-refractivity contribution in [3.63, 3.8) is 0 Å². The first-order valence-corrected chi connectivity index (χ1v) is 10.9. The monoisotopic (exact) mass is 426 g/mol. The van der Waals surface area contributed by atoms with E-state index >= 15 is 0 Å². The van der Waals surface area contributed by atoms with E-state index in [-0.39, 0.29) is 11.9 Å². The second-order valence-corrected chi connectivity index (χ2v) is 7.97.